The van der Waals surface area contributed by atoms with Crippen LogP contribution in [0.25, 0.3) is 43.1 Å². The van der Waals surface area contributed by atoms with E-state index in [1.807, 2.05) is 0 Å². The van der Waals surface area contributed by atoms with Crippen LogP contribution in [0.1, 0.15) is 55.3 Å². The molecule has 2 aliphatic rings. The Morgan fingerprint density at radius 1 is 0.429 bits per heavy atom. The van der Waals surface area contributed by atoms with Crippen LogP contribution in [0.4, 0.5) is 0 Å². The maximum atomic E-state index is 13.5. The van der Waals surface area contributed by atoms with Crippen LogP contribution in [0.2, 0.25) is 0 Å². The number of carbonyl (C=O) groups excluding carboxylic acids is 4. The zero-order chi connectivity index (χ0) is 39.3. The second kappa shape index (κ2) is 15.1. The van der Waals surface area contributed by atoms with Crippen LogP contribution in [0.3, 0.4) is 0 Å². The first kappa shape index (κ1) is 35.7. The highest BCUT2D eigenvalue weighted by Gasteiger charge is 2.38. The Balaban J connectivity index is 1.66. The van der Waals surface area contributed by atoms with E-state index in [1.165, 1.54) is 24.3 Å². The first-order valence-corrected chi connectivity index (χ1v) is 16.6. The van der Waals surface area contributed by atoms with Gasteiger partial charge < -0.3 is 28.4 Å². The van der Waals surface area contributed by atoms with E-state index in [4.69, 9.17) is 41.3 Å². The number of ether oxygens (including phenoxy) is 6. The molecule has 0 unspecified atom stereocenters. The lowest BCUT2D eigenvalue weighted by Crippen LogP contribution is -2.21. The van der Waals surface area contributed by atoms with Crippen molar-refractivity contribution in [2.75, 3.05) is 26.4 Å². The molecule has 0 radical (unpaired) electrons. The van der Waals surface area contributed by atoms with Gasteiger partial charge in [-0.1, -0.05) is 0 Å². The van der Waals surface area contributed by atoms with Crippen LogP contribution < -0.4 is 18.9 Å². The Kier molecular flexibility index (Phi) is 9.67. The number of esters is 4. The molecule has 5 aromatic carbocycles. The summed E-state index contributed by atoms with van der Waals surface area (Å²) in [7, 11) is 0. The molecule has 7 rings (SSSR count). The number of hydrogen-bond donors (Lipinski definition) is 0. The predicted octanol–water partition coefficient (Wildman–Crippen LogP) is 5.20. The van der Waals surface area contributed by atoms with Crippen molar-refractivity contribution in [2.45, 2.75) is 13.8 Å². The summed E-state index contributed by atoms with van der Waals surface area (Å²) in [5.41, 5.74) is 0.174. The quantitative estimate of drug-likeness (QED) is 0.0692. The number of cyclic esters (lactones) is 4. The monoisotopic (exact) mass is 732 g/mol. The third-order valence-electron chi connectivity index (χ3n) is 8.44. The third-order valence-corrected chi connectivity index (χ3v) is 8.44. The molecule has 0 N–H and O–H groups in total. The molecule has 0 aliphatic carbocycles. The molecule has 0 saturated carbocycles. The highest BCUT2D eigenvalue weighted by atomic mass is 16.6. The number of hydrogen-bond acceptors (Lipinski definition) is 10. The molecule has 2 heterocycles. The highest BCUT2D eigenvalue weighted by molar-refractivity contribution is 6.43. The summed E-state index contributed by atoms with van der Waals surface area (Å²) in [6.07, 6.45) is 10.3. The molecular weight excluding hydrogens is 712 g/mol. The molecule has 0 bridgehead atoms. The smallest absolute Gasteiger partial charge is 0.346 e. The van der Waals surface area contributed by atoms with Gasteiger partial charge in [0.2, 0.25) is 0 Å². The first-order valence-electron chi connectivity index (χ1n) is 16.6. The second-order valence-corrected chi connectivity index (χ2v) is 11.4. The van der Waals surface area contributed by atoms with Crippen LogP contribution >= 0.6 is 0 Å². The van der Waals surface area contributed by atoms with Crippen LogP contribution in [0.5, 0.6) is 23.0 Å². The van der Waals surface area contributed by atoms with Crippen LogP contribution in [-0.2, 0) is 9.47 Å². The van der Waals surface area contributed by atoms with Crippen molar-refractivity contribution in [3.63, 3.8) is 0 Å². The summed E-state index contributed by atoms with van der Waals surface area (Å²) >= 11 is 0. The molecule has 0 atom stereocenters. The average Bonchev–Trinajstić information content (AvgIpc) is 3.18. The van der Waals surface area contributed by atoms with Crippen LogP contribution in [0, 0.1) is 95.7 Å². The van der Waals surface area contributed by atoms with Gasteiger partial charge in [0.15, 0.2) is 0 Å². The van der Waals surface area contributed by atoms with E-state index in [2.05, 4.69) is 82.9 Å². The molecule has 0 saturated heterocycles. The number of benzene rings is 5. The molecule has 10 heteroatoms. The molecule has 0 aromatic heterocycles. The van der Waals surface area contributed by atoms with Crippen molar-refractivity contribution in [1.82, 2.24) is 0 Å². The molecule has 0 spiro atoms. The van der Waals surface area contributed by atoms with E-state index in [9.17, 15) is 19.2 Å². The van der Waals surface area contributed by atoms with E-state index < -0.39 is 23.9 Å². The summed E-state index contributed by atoms with van der Waals surface area (Å²) < 4.78 is 35.3. The SMILES string of the molecule is C#CC#CC#CC#CCOc1cc2c3c(cc(OCC)c4c5c(OCC)cc6c7c(cc(OCC#CC#CC#CC#C)c(c1c34)c75)C(=O)OC6=O)C(=O)OC2=O. The van der Waals surface area contributed by atoms with Gasteiger partial charge in [-0.2, -0.15) is 0 Å². The fraction of sp³-hybridized carbons (Fsp3) is 0.130. The molecule has 0 fully saturated rings. The minimum absolute atomic E-state index is 0.0283. The number of terminal acetylenes is 2. The van der Waals surface area contributed by atoms with Crippen molar-refractivity contribution in [3.05, 3.63) is 46.5 Å². The van der Waals surface area contributed by atoms with Crippen LogP contribution in [-0.4, -0.2) is 50.3 Å². The Morgan fingerprint density at radius 3 is 1.05 bits per heavy atom. The van der Waals surface area contributed by atoms with Gasteiger partial charge in [0.1, 0.15) is 36.2 Å². The summed E-state index contributed by atoms with van der Waals surface area (Å²) in [6, 6.07) is 5.86. The third kappa shape index (κ3) is 6.06. The zero-order valence-corrected chi connectivity index (χ0v) is 29.4. The topological polar surface area (TPSA) is 124 Å². The second-order valence-electron chi connectivity index (χ2n) is 11.4. The minimum Gasteiger partial charge on any atom is -0.493 e. The van der Waals surface area contributed by atoms with Gasteiger partial charge in [0.05, 0.1) is 35.5 Å². The Bertz CT molecular complexity index is 2920. The molecular formula is C46H20O10. The molecule has 0 amide bonds. The normalized spacial score (nSPS) is 11.6. The summed E-state index contributed by atoms with van der Waals surface area (Å²) in [5, 5.41) is 2.68. The number of fused-ring (bicyclic) bond motifs is 2. The Morgan fingerprint density at radius 2 is 0.732 bits per heavy atom. The Hall–Kier alpha value is -8.64. The van der Waals surface area contributed by atoms with E-state index >= 15 is 0 Å². The van der Waals surface area contributed by atoms with E-state index in [0.29, 0.717) is 32.3 Å². The minimum atomic E-state index is -0.910. The van der Waals surface area contributed by atoms with Gasteiger partial charge in [0.25, 0.3) is 0 Å². The van der Waals surface area contributed by atoms with Gasteiger partial charge in [0, 0.05) is 43.1 Å². The van der Waals surface area contributed by atoms with E-state index in [-0.39, 0.29) is 82.5 Å². The van der Waals surface area contributed by atoms with Gasteiger partial charge in [-0.15, -0.1) is 12.8 Å². The molecule has 2 aliphatic heterocycles. The van der Waals surface area contributed by atoms with Gasteiger partial charge >= 0.3 is 23.9 Å². The largest absolute Gasteiger partial charge is 0.493 e. The van der Waals surface area contributed by atoms with E-state index in [1.54, 1.807) is 13.8 Å². The first-order chi connectivity index (χ1) is 27.3. The zero-order valence-electron chi connectivity index (χ0n) is 29.4. The lowest BCUT2D eigenvalue weighted by Gasteiger charge is -2.27. The maximum absolute atomic E-state index is 13.5. The molecule has 5 aromatic rings. The fourth-order valence-electron chi connectivity index (χ4n) is 6.61. The van der Waals surface area contributed by atoms with Gasteiger partial charge in [-0.05, 0) is 121 Å². The Labute approximate surface area is 319 Å². The van der Waals surface area contributed by atoms with Gasteiger partial charge in [-0.3, -0.25) is 0 Å². The molecule has 56 heavy (non-hydrogen) atoms. The highest BCUT2D eigenvalue weighted by Crippen LogP contribution is 2.56. The molecule has 264 valence electrons. The standard InChI is InChI=1S/C46H20O10/c1-5-9-11-13-15-17-19-21-53-33-25-29-35-27(43(47)55-45(29)49)23-31(51-7-3)37-38-32(52-8-4)24-28-36-30(46(50)56-44(28)48)26-34(40(42(36)38)39(33)41(35)37)54-22-20-18-16-14-12-10-6-2/h1-2,23-26H,7-8,21-22H2,3-4H3. The summed E-state index contributed by atoms with van der Waals surface area (Å²) in [5.74, 6) is 32.0. The maximum Gasteiger partial charge on any atom is 0.346 e. The lowest BCUT2D eigenvalue weighted by atomic mass is 9.82. The molecule has 10 nitrogen and oxygen atoms in total. The van der Waals surface area contributed by atoms with Gasteiger partial charge in [-0.25, -0.2) is 19.2 Å². The van der Waals surface area contributed by atoms with Crippen molar-refractivity contribution in [2.24, 2.45) is 0 Å². The van der Waals surface area contributed by atoms with Crippen molar-refractivity contribution in [1.29, 1.82) is 0 Å². The summed E-state index contributed by atoms with van der Waals surface area (Å²) in [4.78, 5) is 53.7. The fourth-order valence-corrected chi connectivity index (χ4v) is 6.61. The lowest BCUT2D eigenvalue weighted by molar-refractivity contribution is 0.0372. The predicted molar refractivity (Wildman–Crippen MR) is 205 cm³/mol. The van der Waals surface area contributed by atoms with Crippen molar-refractivity contribution < 1.29 is 47.6 Å². The number of rotatable bonds is 8. The van der Waals surface area contributed by atoms with Crippen molar-refractivity contribution >= 4 is 67.0 Å². The number of carbonyl (C=O) groups is 4. The van der Waals surface area contributed by atoms with E-state index in [0.717, 1.165) is 0 Å². The van der Waals surface area contributed by atoms with Crippen molar-refractivity contribution in [3.8, 4) is 119 Å². The summed E-state index contributed by atoms with van der Waals surface area (Å²) in [6.45, 7) is 3.39. The average molecular weight is 733 g/mol. The van der Waals surface area contributed by atoms with Crippen LogP contribution in [0.15, 0.2) is 24.3 Å².